The molecule has 0 fully saturated rings. The molecular weight excluding hydrogens is 789 g/mol. The second kappa shape index (κ2) is 52.6. The van der Waals surface area contributed by atoms with Gasteiger partial charge in [-0.3, -0.25) is 9.59 Å². The van der Waals surface area contributed by atoms with Gasteiger partial charge in [0.2, 0.25) is 0 Å². The summed E-state index contributed by atoms with van der Waals surface area (Å²) in [4.78, 5) is 25.3. The molecule has 1 atom stereocenters. The number of carbonyl (C=O) groups excluding carboxylic acids is 2. The van der Waals surface area contributed by atoms with Gasteiger partial charge in [0.15, 0.2) is 6.10 Å². The molecule has 0 aromatic heterocycles. The third-order valence-corrected chi connectivity index (χ3v) is 9.28. The van der Waals surface area contributed by atoms with Crippen molar-refractivity contribution in [1.29, 1.82) is 0 Å². The number of esters is 2. The standard InChI is InChI=1S/C59H88O5/c1-4-7-10-13-16-19-22-25-28-30-32-34-37-40-43-46-49-52-58(60)63-56-57(55-62-54-51-48-45-42-39-36-33-29-26-23-20-17-14-11-8-5-2)64-59(61)53-50-47-44-41-38-35-31-27-24-21-18-15-12-9-6-3/h7-12,16-21,25-29,31-32,34,36,38-39,41,45,47-48,50,57H,4-6,13-15,22-24,30,33,35,37,40,42-44,46,49,51-56H2,1-3H3/b10-7-,11-8-,12-9-,19-16-,20-17-,21-18-,28-25-,29-26-,31-27-,34-32-,39-36-,41-38-,48-45-,50-47-. The molecule has 0 spiro atoms. The molecule has 1 unspecified atom stereocenters. The normalized spacial score (nSPS) is 13.7. The molecule has 0 aliphatic rings. The molecule has 0 aromatic rings. The van der Waals surface area contributed by atoms with Crippen molar-refractivity contribution in [3.8, 4) is 0 Å². The third-order valence-electron chi connectivity index (χ3n) is 9.28. The minimum Gasteiger partial charge on any atom is -0.462 e. The van der Waals surface area contributed by atoms with Crippen molar-refractivity contribution in [2.75, 3.05) is 19.8 Å². The fraction of sp³-hybridized carbons (Fsp3) is 0.492. The maximum Gasteiger partial charge on any atom is 0.310 e. The number of carbonyl (C=O) groups is 2. The van der Waals surface area contributed by atoms with Crippen LogP contribution in [-0.4, -0.2) is 37.9 Å². The number of hydrogen-bond acceptors (Lipinski definition) is 5. The number of allylic oxidation sites excluding steroid dienone is 26. The Bertz CT molecular complexity index is 1500. The van der Waals surface area contributed by atoms with Gasteiger partial charge in [-0.05, 0) is 116 Å². The molecule has 0 aromatic carbocycles. The minimum absolute atomic E-state index is 0.0102. The Hall–Kier alpha value is -4.74. The van der Waals surface area contributed by atoms with Gasteiger partial charge in [0, 0.05) is 6.42 Å². The Balaban J connectivity index is 4.60. The quantitative estimate of drug-likeness (QED) is 0.0347. The lowest BCUT2D eigenvalue weighted by atomic mass is 10.1. The van der Waals surface area contributed by atoms with Crippen molar-refractivity contribution in [3.63, 3.8) is 0 Å². The molecule has 0 saturated carbocycles. The van der Waals surface area contributed by atoms with Crippen molar-refractivity contribution in [2.24, 2.45) is 0 Å². The highest BCUT2D eigenvalue weighted by atomic mass is 16.6. The highest BCUT2D eigenvalue weighted by molar-refractivity contribution is 5.71. The number of rotatable bonds is 42. The first-order valence-corrected chi connectivity index (χ1v) is 24.7. The molecule has 0 radical (unpaired) electrons. The summed E-state index contributed by atoms with van der Waals surface area (Å²) < 4.78 is 17.1. The van der Waals surface area contributed by atoms with Crippen LogP contribution in [0.1, 0.15) is 162 Å². The zero-order valence-electron chi connectivity index (χ0n) is 40.5. The van der Waals surface area contributed by atoms with Crippen LogP contribution in [0.5, 0.6) is 0 Å². The SMILES string of the molecule is CC/C=C\C/C=C\C/C=C\C/C=C\C/C=C\CCOCC(COC(=O)CCCCCC/C=C\C/C=C\C/C=C\C/C=C\CC)OC(=O)C/C=C\C/C=C\C/C=C\C/C=C\C/C=C\CC. The van der Waals surface area contributed by atoms with Crippen LogP contribution in [-0.2, 0) is 23.8 Å². The van der Waals surface area contributed by atoms with E-state index in [4.69, 9.17) is 14.2 Å². The Morgan fingerprint density at radius 2 is 0.703 bits per heavy atom. The zero-order chi connectivity index (χ0) is 46.3. The second-order valence-electron chi connectivity index (χ2n) is 15.2. The summed E-state index contributed by atoms with van der Waals surface area (Å²) in [6.07, 6.45) is 79.8. The third kappa shape index (κ3) is 49.9. The van der Waals surface area contributed by atoms with E-state index < -0.39 is 6.10 Å². The molecule has 0 amide bonds. The minimum atomic E-state index is -0.654. The van der Waals surface area contributed by atoms with Gasteiger partial charge >= 0.3 is 11.9 Å². The number of ether oxygens (including phenoxy) is 3. The molecule has 354 valence electrons. The molecule has 0 bridgehead atoms. The fourth-order valence-electron chi connectivity index (χ4n) is 5.76. The lowest BCUT2D eigenvalue weighted by molar-refractivity contribution is -0.162. The van der Waals surface area contributed by atoms with Gasteiger partial charge in [0.25, 0.3) is 0 Å². The van der Waals surface area contributed by atoms with Crippen molar-refractivity contribution < 1.29 is 23.8 Å². The number of unbranched alkanes of at least 4 members (excludes halogenated alkanes) is 4. The van der Waals surface area contributed by atoms with Crippen molar-refractivity contribution in [1.82, 2.24) is 0 Å². The van der Waals surface area contributed by atoms with E-state index in [2.05, 4.69) is 179 Å². The molecule has 5 heteroatoms. The number of hydrogen-bond donors (Lipinski definition) is 0. The predicted octanol–water partition coefficient (Wildman–Crippen LogP) is 16.9. The van der Waals surface area contributed by atoms with Crippen LogP contribution >= 0.6 is 0 Å². The van der Waals surface area contributed by atoms with Crippen molar-refractivity contribution in [3.05, 3.63) is 170 Å². The Kier molecular flexibility index (Phi) is 48.7. The summed E-state index contributed by atoms with van der Waals surface area (Å²) in [5, 5.41) is 0. The van der Waals surface area contributed by atoms with Crippen LogP contribution < -0.4 is 0 Å². The van der Waals surface area contributed by atoms with E-state index in [9.17, 15) is 9.59 Å². The molecule has 64 heavy (non-hydrogen) atoms. The summed E-state index contributed by atoms with van der Waals surface area (Å²) in [7, 11) is 0. The molecule has 5 nitrogen and oxygen atoms in total. The van der Waals surface area contributed by atoms with E-state index in [1.54, 1.807) is 0 Å². The first-order valence-electron chi connectivity index (χ1n) is 24.7. The molecule has 0 rings (SSSR count). The molecule has 0 aliphatic heterocycles. The van der Waals surface area contributed by atoms with Crippen LogP contribution in [0.25, 0.3) is 0 Å². The van der Waals surface area contributed by atoms with E-state index in [0.717, 1.165) is 128 Å². The van der Waals surface area contributed by atoms with Gasteiger partial charge in [0.1, 0.15) is 6.61 Å². The molecule has 0 aliphatic carbocycles. The summed E-state index contributed by atoms with van der Waals surface area (Å²) in [5.41, 5.74) is 0. The van der Waals surface area contributed by atoms with Crippen LogP contribution in [0.3, 0.4) is 0 Å². The smallest absolute Gasteiger partial charge is 0.310 e. The first-order chi connectivity index (χ1) is 31.6. The summed E-state index contributed by atoms with van der Waals surface area (Å²) in [6, 6.07) is 0. The lowest BCUT2D eigenvalue weighted by Crippen LogP contribution is -2.29. The van der Waals surface area contributed by atoms with E-state index in [-0.39, 0.29) is 31.6 Å². The van der Waals surface area contributed by atoms with Gasteiger partial charge in [0.05, 0.1) is 19.6 Å². The molecule has 0 heterocycles. The van der Waals surface area contributed by atoms with E-state index >= 15 is 0 Å². The Labute approximate surface area is 392 Å². The maximum absolute atomic E-state index is 12.7. The van der Waals surface area contributed by atoms with Crippen LogP contribution in [0.15, 0.2) is 170 Å². The van der Waals surface area contributed by atoms with Crippen molar-refractivity contribution in [2.45, 2.75) is 168 Å². The lowest BCUT2D eigenvalue weighted by Gasteiger charge is -2.18. The summed E-state index contributed by atoms with van der Waals surface area (Å²) in [5.74, 6) is -0.631. The predicted molar refractivity (Wildman–Crippen MR) is 278 cm³/mol. The average molecular weight is 877 g/mol. The maximum atomic E-state index is 12.7. The average Bonchev–Trinajstić information content (AvgIpc) is 3.30. The van der Waals surface area contributed by atoms with Gasteiger partial charge in [-0.1, -0.05) is 204 Å². The second-order valence-corrected chi connectivity index (χ2v) is 15.2. The molecule has 0 saturated heterocycles. The highest BCUT2D eigenvalue weighted by Crippen LogP contribution is 2.09. The van der Waals surface area contributed by atoms with E-state index in [1.165, 1.54) is 0 Å². The van der Waals surface area contributed by atoms with Gasteiger partial charge in [-0.15, -0.1) is 0 Å². The van der Waals surface area contributed by atoms with Gasteiger partial charge in [-0.2, -0.15) is 0 Å². The highest BCUT2D eigenvalue weighted by Gasteiger charge is 2.17. The van der Waals surface area contributed by atoms with E-state index in [1.807, 2.05) is 12.2 Å². The summed E-state index contributed by atoms with van der Waals surface area (Å²) >= 11 is 0. The molecule has 0 N–H and O–H groups in total. The van der Waals surface area contributed by atoms with E-state index in [0.29, 0.717) is 13.0 Å². The fourth-order valence-corrected chi connectivity index (χ4v) is 5.76. The topological polar surface area (TPSA) is 61.8 Å². The van der Waals surface area contributed by atoms with Gasteiger partial charge < -0.3 is 14.2 Å². The first kappa shape index (κ1) is 59.3. The molecular formula is C59H88O5. The van der Waals surface area contributed by atoms with Gasteiger partial charge in [-0.25, -0.2) is 0 Å². The monoisotopic (exact) mass is 877 g/mol. The summed E-state index contributed by atoms with van der Waals surface area (Å²) in [6.45, 7) is 7.10. The Morgan fingerprint density at radius 3 is 1.11 bits per heavy atom. The zero-order valence-corrected chi connectivity index (χ0v) is 40.5. The Morgan fingerprint density at radius 1 is 0.359 bits per heavy atom. The van der Waals surface area contributed by atoms with Crippen LogP contribution in [0, 0.1) is 0 Å². The largest absolute Gasteiger partial charge is 0.462 e. The van der Waals surface area contributed by atoms with Crippen LogP contribution in [0.4, 0.5) is 0 Å². The van der Waals surface area contributed by atoms with Crippen molar-refractivity contribution >= 4 is 11.9 Å². The van der Waals surface area contributed by atoms with Crippen LogP contribution in [0.2, 0.25) is 0 Å².